The molecule has 0 atom stereocenters. The molecule has 0 radical (unpaired) electrons. The summed E-state index contributed by atoms with van der Waals surface area (Å²) >= 11 is 2.13. The Kier molecular flexibility index (Phi) is 1.64. The fraction of sp³-hybridized carbons (Fsp3) is 1.00. The normalized spacial score (nSPS) is 35.0. The SMILES string of the molecule is CC1(C)CC2(C1)NC(C)(C)CS2. The highest BCUT2D eigenvalue weighted by Crippen LogP contribution is 2.57. The predicted molar refractivity (Wildman–Crippen MR) is 55.4 cm³/mol. The number of nitrogens with one attached hydrogen (secondary N) is 1. The van der Waals surface area contributed by atoms with Crippen LogP contribution < -0.4 is 5.32 Å². The first-order valence-corrected chi connectivity index (χ1v) is 5.75. The zero-order chi connectivity index (χ0) is 9.04. The fourth-order valence-corrected chi connectivity index (χ4v) is 4.74. The second kappa shape index (κ2) is 2.21. The molecule has 2 rings (SSSR count). The molecule has 1 aliphatic heterocycles. The van der Waals surface area contributed by atoms with E-state index in [1.165, 1.54) is 18.6 Å². The lowest BCUT2D eigenvalue weighted by Crippen LogP contribution is -2.57. The van der Waals surface area contributed by atoms with Gasteiger partial charge in [-0.2, -0.15) is 0 Å². The molecule has 0 aromatic rings. The quantitative estimate of drug-likeness (QED) is 0.622. The van der Waals surface area contributed by atoms with Gasteiger partial charge in [0.2, 0.25) is 0 Å². The molecule has 0 aromatic carbocycles. The summed E-state index contributed by atoms with van der Waals surface area (Å²) in [6.45, 7) is 9.34. The lowest BCUT2D eigenvalue weighted by atomic mass is 9.67. The average molecular weight is 185 g/mol. The van der Waals surface area contributed by atoms with E-state index in [1.807, 2.05) is 0 Å². The minimum atomic E-state index is 0.362. The maximum absolute atomic E-state index is 3.76. The first-order chi connectivity index (χ1) is 5.33. The molecule has 2 heteroatoms. The Bertz CT molecular complexity index is 200. The molecule has 1 N–H and O–H groups in total. The molecule has 1 saturated carbocycles. The van der Waals surface area contributed by atoms with Crippen LogP contribution in [0.4, 0.5) is 0 Å². The first-order valence-electron chi connectivity index (χ1n) is 4.76. The van der Waals surface area contributed by atoms with Gasteiger partial charge in [0, 0.05) is 11.3 Å². The van der Waals surface area contributed by atoms with E-state index in [2.05, 4.69) is 44.8 Å². The van der Waals surface area contributed by atoms with Gasteiger partial charge in [-0.25, -0.2) is 0 Å². The third-order valence-corrected chi connectivity index (χ3v) is 4.61. The molecule has 1 spiro atoms. The Morgan fingerprint density at radius 1 is 1.08 bits per heavy atom. The summed E-state index contributed by atoms with van der Waals surface area (Å²) in [6.07, 6.45) is 2.68. The van der Waals surface area contributed by atoms with Crippen molar-refractivity contribution < 1.29 is 0 Å². The highest BCUT2D eigenvalue weighted by molar-refractivity contribution is 8.01. The molecule has 1 heterocycles. The van der Waals surface area contributed by atoms with E-state index in [1.54, 1.807) is 0 Å². The van der Waals surface area contributed by atoms with Gasteiger partial charge in [-0.3, -0.25) is 5.32 Å². The van der Waals surface area contributed by atoms with Crippen LogP contribution in [0.25, 0.3) is 0 Å². The summed E-state index contributed by atoms with van der Waals surface area (Å²) in [5, 5.41) is 3.76. The maximum Gasteiger partial charge on any atom is 0.0660 e. The van der Waals surface area contributed by atoms with Crippen molar-refractivity contribution >= 4 is 11.8 Å². The minimum Gasteiger partial charge on any atom is -0.297 e. The van der Waals surface area contributed by atoms with E-state index in [9.17, 15) is 0 Å². The highest BCUT2D eigenvalue weighted by Gasteiger charge is 2.55. The van der Waals surface area contributed by atoms with Gasteiger partial charge >= 0.3 is 0 Å². The molecular formula is C10H19NS. The topological polar surface area (TPSA) is 12.0 Å². The minimum absolute atomic E-state index is 0.362. The third-order valence-electron chi connectivity index (χ3n) is 2.80. The Balaban J connectivity index is 2.02. The van der Waals surface area contributed by atoms with E-state index >= 15 is 0 Å². The van der Waals surface area contributed by atoms with E-state index in [4.69, 9.17) is 0 Å². The predicted octanol–water partition coefficient (Wildman–Crippen LogP) is 2.62. The van der Waals surface area contributed by atoms with Gasteiger partial charge in [-0.15, -0.1) is 11.8 Å². The summed E-state index contributed by atoms with van der Waals surface area (Å²) in [5.74, 6) is 1.27. The molecule has 12 heavy (non-hydrogen) atoms. The molecule has 1 aliphatic carbocycles. The van der Waals surface area contributed by atoms with Crippen molar-refractivity contribution in [3.63, 3.8) is 0 Å². The van der Waals surface area contributed by atoms with Crippen LogP contribution in [0, 0.1) is 5.41 Å². The molecule has 0 bridgehead atoms. The monoisotopic (exact) mass is 185 g/mol. The van der Waals surface area contributed by atoms with Crippen molar-refractivity contribution in [2.24, 2.45) is 5.41 Å². The summed E-state index contributed by atoms with van der Waals surface area (Å²) in [7, 11) is 0. The molecule has 2 fully saturated rings. The second-order valence-corrected chi connectivity index (χ2v) is 7.17. The molecule has 0 amide bonds. The van der Waals surface area contributed by atoms with Crippen LogP contribution in [-0.2, 0) is 0 Å². The molecular weight excluding hydrogens is 166 g/mol. The standard InChI is InChI=1S/C10H19NS/c1-8(2)5-10(6-8)11-9(3,4)7-12-10/h11H,5-7H2,1-4H3. The molecule has 70 valence electrons. The van der Waals surface area contributed by atoms with Crippen molar-refractivity contribution in [2.75, 3.05) is 5.75 Å². The van der Waals surface area contributed by atoms with Gasteiger partial charge in [0.15, 0.2) is 0 Å². The van der Waals surface area contributed by atoms with Crippen LogP contribution in [0.5, 0.6) is 0 Å². The van der Waals surface area contributed by atoms with Crippen molar-refractivity contribution in [3.8, 4) is 0 Å². The van der Waals surface area contributed by atoms with Gasteiger partial charge in [0.05, 0.1) is 4.87 Å². The van der Waals surface area contributed by atoms with Crippen molar-refractivity contribution in [3.05, 3.63) is 0 Å². The Hall–Kier alpha value is 0.310. The maximum atomic E-state index is 3.76. The Labute approximate surface area is 79.7 Å². The van der Waals surface area contributed by atoms with Crippen molar-refractivity contribution in [1.29, 1.82) is 0 Å². The number of hydrogen-bond acceptors (Lipinski definition) is 2. The van der Waals surface area contributed by atoms with Gasteiger partial charge in [0.1, 0.15) is 0 Å². The summed E-state index contributed by atoms with van der Waals surface area (Å²) in [4.78, 5) is 0.451. The first kappa shape index (κ1) is 8.89. The largest absolute Gasteiger partial charge is 0.297 e. The van der Waals surface area contributed by atoms with Gasteiger partial charge in [0.25, 0.3) is 0 Å². The molecule has 1 nitrogen and oxygen atoms in total. The summed E-state index contributed by atoms with van der Waals surface area (Å²) in [6, 6.07) is 0. The summed E-state index contributed by atoms with van der Waals surface area (Å²) in [5.41, 5.74) is 0.946. The van der Waals surface area contributed by atoms with E-state index in [-0.39, 0.29) is 0 Å². The zero-order valence-corrected chi connectivity index (χ0v) is 9.35. The molecule has 0 aromatic heterocycles. The molecule has 0 unspecified atom stereocenters. The van der Waals surface area contributed by atoms with E-state index < -0.39 is 0 Å². The van der Waals surface area contributed by atoms with Crippen LogP contribution in [0.15, 0.2) is 0 Å². The highest BCUT2D eigenvalue weighted by atomic mass is 32.2. The van der Waals surface area contributed by atoms with Gasteiger partial charge < -0.3 is 0 Å². The fourth-order valence-electron chi connectivity index (χ4n) is 2.69. The van der Waals surface area contributed by atoms with Crippen LogP contribution in [-0.4, -0.2) is 16.2 Å². The number of thioether (sulfide) groups is 1. The van der Waals surface area contributed by atoms with Crippen LogP contribution in [0.1, 0.15) is 40.5 Å². The third kappa shape index (κ3) is 1.39. The average Bonchev–Trinajstić information content (AvgIpc) is 2.03. The Morgan fingerprint density at radius 2 is 1.67 bits per heavy atom. The molecule has 2 aliphatic rings. The van der Waals surface area contributed by atoms with Crippen LogP contribution >= 0.6 is 11.8 Å². The Morgan fingerprint density at radius 3 is 2.00 bits per heavy atom. The smallest absolute Gasteiger partial charge is 0.0660 e. The van der Waals surface area contributed by atoms with Gasteiger partial charge in [-0.05, 0) is 32.1 Å². The van der Waals surface area contributed by atoms with E-state index in [0.717, 1.165) is 0 Å². The second-order valence-electron chi connectivity index (χ2n) is 5.81. The number of hydrogen-bond donors (Lipinski definition) is 1. The molecule has 1 saturated heterocycles. The number of rotatable bonds is 0. The lowest BCUT2D eigenvalue weighted by Gasteiger charge is -2.51. The van der Waals surface area contributed by atoms with Crippen molar-refractivity contribution in [2.45, 2.75) is 50.9 Å². The van der Waals surface area contributed by atoms with Crippen LogP contribution in [0.3, 0.4) is 0 Å². The van der Waals surface area contributed by atoms with Gasteiger partial charge in [-0.1, -0.05) is 13.8 Å². The van der Waals surface area contributed by atoms with Crippen LogP contribution in [0.2, 0.25) is 0 Å². The zero-order valence-electron chi connectivity index (χ0n) is 8.53. The lowest BCUT2D eigenvalue weighted by molar-refractivity contribution is 0.0908. The van der Waals surface area contributed by atoms with Crippen molar-refractivity contribution in [1.82, 2.24) is 5.32 Å². The summed E-state index contributed by atoms with van der Waals surface area (Å²) < 4.78 is 0. The van der Waals surface area contributed by atoms with E-state index in [0.29, 0.717) is 15.8 Å².